The summed E-state index contributed by atoms with van der Waals surface area (Å²) in [4.78, 5) is 25.1. The van der Waals surface area contributed by atoms with Crippen LogP contribution in [0.5, 0.6) is 0 Å². The maximum absolute atomic E-state index is 13.6. The molecule has 3 nitrogen and oxygen atoms in total. The molecule has 180 valence electrons. The summed E-state index contributed by atoms with van der Waals surface area (Å²) in [5, 5.41) is 0. The van der Waals surface area contributed by atoms with Crippen LogP contribution in [0.25, 0.3) is 0 Å². The van der Waals surface area contributed by atoms with E-state index < -0.39 is 0 Å². The molecule has 0 bridgehead atoms. The third-order valence-corrected chi connectivity index (χ3v) is 10.4. The molecule has 4 aliphatic rings. The Morgan fingerprint density at radius 2 is 1.81 bits per heavy atom. The largest absolute Gasteiger partial charge is 0.462 e. The number of ether oxygens (including phenoxy) is 1. The van der Waals surface area contributed by atoms with Crippen LogP contribution in [0.1, 0.15) is 106 Å². The van der Waals surface area contributed by atoms with Crippen molar-refractivity contribution in [1.82, 2.24) is 0 Å². The summed E-state index contributed by atoms with van der Waals surface area (Å²) in [6.07, 6.45) is 13.7. The van der Waals surface area contributed by atoms with Gasteiger partial charge in [-0.1, -0.05) is 59.5 Å². The molecule has 3 heteroatoms. The minimum absolute atomic E-state index is 0.0485. The van der Waals surface area contributed by atoms with Crippen molar-refractivity contribution in [3.05, 3.63) is 11.6 Å². The Morgan fingerprint density at radius 1 is 1.06 bits per heavy atom. The van der Waals surface area contributed by atoms with Crippen molar-refractivity contribution in [2.24, 2.45) is 46.3 Å². The first kappa shape index (κ1) is 24.0. The van der Waals surface area contributed by atoms with Gasteiger partial charge in [-0.15, -0.1) is 0 Å². The van der Waals surface area contributed by atoms with Gasteiger partial charge in [0.15, 0.2) is 5.78 Å². The normalized spacial score (nSPS) is 42.0. The number of allylic oxidation sites excluding steroid dienone is 1. The van der Waals surface area contributed by atoms with Gasteiger partial charge < -0.3 is 4.74 Å². The van der Waals surface area contributed by atoms with Gasteiger partial charge in [0.1, 0.15) is 6.10 Å². The molecule has 8 atom stereocenters. The molecule has 4 aliphatic carbocycles. The van der Waals surface area contributed by atoms with Crippen molar-refractivity contribution in [2.75, 3.05) is 0 Å². The summed E-state index contributed by atoms with van der Waals surface area (Å²) >= 11 is 0. The summed E-state index contributed by atoms with van der Waals surface area (Å²) in [5.74, 6) is 3.74. The number of carbonyl (C=O) groups is 2. The van der Waals surface area contributed by atoms with Crippen molar-refractivity contribution in [1.29, 1.82) is 0 Å². The molecule has 0 spiro atoms. The van der Waals surface area contributed by atoms with Crippen LogP contribution in [0.4, 0.5) is 0 Å². The molecule has 0 aromatic heterocycles. The first-order valence-corrected chi connectivity index (χ1v) is 13.5. The Bertz CT molecular complexity index is 766. The molecule has 0 saturated heterocycles. The van der Waals surface area contributed by atoms with Gasteiger partial charge in [0, 0.05) is 19.3 Å². The van der Waals surface area contributed by atoms with Crippen LogP contribution < -0.4 is 0 Å². The van der Waals surface area contributed by atoms with Gasteiger partial charge in [-0.2, -0.15) is 0 Å². The Labute approximate surface area is 196 Å². The van der Waals surface area contributed by atoms with Gasteiger partial charge in [0.2, 0.25) is 0 Å². The second-order valence-corrected chi connectivity index (χ2v) is 12.7. The van der Waals surface area contributed by atoms with Crippen LogP contribution in [0, 0.1) is 46.3 Å². The molecule has 0 N–H and O–H groups in total. The predicted octanol–water partition coefficient (Wildman–Crippen LogP) is 7.14. The van der Waals surface area contributed by atoms with E-state index in [0.717, 1.165) is 37.0 Å². The summed E-state index contributed by atoms with van der Waals surface area (Å²) in [7, 11) is 0. The van der Waals surface area contributed by atoms with E-state index in [1.165, 1.54) is 57.4 Å². The van der Waals surface area contributed by atoms with E-state index in [-0.39, 0.29) is 23.4 Å². The molecule has 0 heterocycles. The molecule has 0 aromatic carbocycles. The highest BCUT2D eigenvalue weighted by Crippen LogP contribution is 2.66. The first-order chi connectivity index (χ1) is 15.1. The fraction of sp³-hybridized carbons (Fsp3) is 0.862. The van der Waals surface area contributed by atoms with Crippen molar-refractivity contribution >= 4 is 11.8 Å². The van der Waals surface area contributed by atoms with E-state index >= 15 is 0 Å². The van der Waals surface area contributed by atoms with Gasteiger partial charge in [0.05, 0.1) is 0 Å². The third kappa shape index (κ3) is 4.11. The molecule has 0 amide bonds. The SMILES string of the molecule is CC(=O)O[C@H]1CC[C@@]2(C)C(=CC(=O)[C@@H]3[C@H]4CC[C@H]([C@H](C)CCCC(C)C)[C@@]4(C)CC[C@@H]32)C1. The molecule has 3 saturated carbocycles. The highest BCUT2D eigenvalue weighted by molar-refractivity contribution is 5.94. The number of fused-ring (bicyclic) bond motifs is 5. The lowest BCUT2D eigenvalue weighted by Crippen LogP contribution is -2.53. The fourth-order valence-electron chi connectivity index (χ4n) is 8.73. The summed E-state index contributed by atoms with van der Waals surface area (Å²) in [6, 6.07) is 0. The van der Waals surface area contributed by atoms with E-state index in [1.807, 2.05) is 6.08 Å². The average Bonchev–Trinajstić information content (AvgIpc) is 3.05. The molecule has 0 radical (unpaired) electrons. The average molecular weight is 443 g/mol. The topological polar surface area (TPSA) is 43.4 Å². The minimum atomic E-state index is -0.202. The smallest absolute Gasteiger partial charge is 0.302 e. The maximum Gasteiger partial charge on any atom is 0.302 e. The standard InChI is InChI=1S/C29H46O3/c1-18(2)8-7-9-19(3)23-10-11-24-27-25(13-15-29(23,24)6)28(5)14-12-22(32-20(4)30)16-21(28)17-26(27)31/h17-19,22-25,27H,7-16H2,1-6H3/t19-,22+,23-,24-,25+,27-,28+,29-/m1/s1. The van der Waals surface area contributed by atoms with E-state index in [1.54, 1.807) is 0 Å². The van der Waals surface area contributed by atoms with Crippen LogP contribution in [0.2, 0.25) is 0 Å². The van der Waals surface area contributed by atoms with E-state index in [4.69, 9.17) is 4.74 Å². The zero-order valence-corrected chi connectivity index (χ0v) is 21.4. The quantitative estimate of drug-likeness (QED) is 0.411. The number of hydrogen-bond donors (Lipinski definition) is 0. The highest BCUT2D eigenvalue weighted by Gasteiger charge is 2.61. The molecular formula is C29H46O3. The van der Waals surface area contributed by atoms with Crippen LogP contribution in [-0.4, -0.2) is 17.9 Å². The van der Waals surface area contributed by atoms with Crippen LogP contribution in [0.15, 0.2) is 11.6 Å². The number of ketones is 1. The third-order valence-electron chi connectivity index (χ3n) is 10.4. The lowest BCUT2D eigenvalue weighted by molar-refractivity contribution is -0.149. The van der Waals surface area contributed by atoms with Gasteiger partial charge in [-0.05, 0) is 85.0 Å². The Kier molecular flexibility index (Phi) is 6.69. The van der Waals surface area contributed by atoms with E-state index in [0.29, 0.717) is 23.0 Å². The van der Waals surface area contributed by atoms with Crippen LogP contribution in [0.3, 0.4) is 0 Å². The van der Waals surface area contributed by atoms with Crippen molar-refractivity contribution < 1.29 is 14.3 Å². The van der Waals surface area contributed by atoms with Gasteiger partial charge in [-0.3, -0.25) is 9.59 Å². The number of carbonyl (C=O) groups excluding carboxylic acids is 2. The van der Waals surface area contributed by atoms with Crippen LogP contribution in [-0.2, 0) is 14.3 Å². The van der Waals surface area contributed by atoms with E-state index in [2.05, 4.69) is 34.6 Å². The maximum atomic E-state index is 13.6. The second-order valence-electron chi connectivity index (χ2n) is 12.7. The van der Waals surface area contributed by atoms with Crippen molar-refractivity contribution in [3.8, 4) is 0 Å². The lowest BCUT2D eigenvalue weighted by atomic mass is 9.46. The molecule has 3 fully saturated rings. The van der Waals surface area contributed by atoms with Crippen LogP contribution >= 0.6 is 0 Å². The first-order valence-electron chi connectivity index (χ1n) is 13.5. The Balaban J connectivity index is 1.52. The van der Waals surface area contributed by atoms with Gasteiger partial charge >= 0.3 is 5.97 Å². The summed E-state index contributed by atoms with van der Waals surface area (Å²) < 4.78 is 5.54. The Morgan fingerprint density at radius 3 is 2.50 bits per heavy atom. The highest BCUT2D eigenvalue weighted by atomic mass is 16.5. The van der Waals surface area contributed by atoms with Gasteiger partial charge in [0.25, 0.3) is 0 Å². The number of esters is 1. The Hall–Kier alpha value is -1.12. The molecular weight excluding hydrogens is 396 g/mol. The molecule has 0 aliphatic heterocycles. The van der Waals surface area contributed by atoms with Crippen molar-refractivity contribution in [2.45, 2.75) is 112 Å². The zero-order chi connectivity index (χ0) is 23.3. The molecule has 32 heavy (non-hydrogen) atoms. The second kappa shape index (κ2) is 8.91. The summed E-state index contributed by atoms with van der Waals surface area (Å²) in [6.45, 7) is 13.6. The number of hydrogen-bond acceptors (Lipinski definition) is 3. The molecule has 0 unspecified atom stereocenters. The fourth-order valence-corrected chi connectivity index (χ4v) is 8.73. The lowest BCUT2D eigenvalue weighted by Gasteiger charge is -2.57. The van der Waals surface area contributed by atoms with E-state index in [9.17, 15) is 9.59 Å². The summed E-state index contributed by atoms with van der Waals surface area (Å²) in [5.41, 5.74) is 1.70. The minimum Gasteiger partial charge on any atom is -0.462 e. The zero-order valence-electron chi connectivity index (χ0n) is 21.4. The predicted molar refractivity (Wildman–Crippen MR) is 129 cm³/mol. The monoisotopic (exact) mass is 442 g/mol. The number of rotatable bonds is 6. The molecule has 0 aromatic rings. The van der Waals surface area contributed by atoms with Crippen molar-refractivity contribution in [3.63, 3.8) is 0 Å². The molecule has 4 rings (SSSR count). The van der Waals surface area contributed by atoms with Gasteiger partial charge in [-0.25, -0.2) is 0 Å².